The van der Waals surface area contributed by atoms with Crippen molar-refractivity contribution in [3.05, 3.63) is 72.7 Å². The summed E-state index contributed by atoms with van der Waals surface area (Å²) < 4.78 is 34.1. The Morgan fingerprint density at radius 2 is 1.78 bits per heavy atom. The lowest BCUT2D eigenvalue weighted by atomic mass is 10.2. The lowest BCUT2D eigenvalue weighted by Crippen LogP contribution is -2.33. The van der Waals surface area contributed by atoms with Gasteiger partial charge in [0.05, 0.1) is 28.9 Å². The molecule has 0 aliphatic carbocycles. The van der Waals surface area contributed by atoms with Crippen molar-refractivity contribution in [2.45, 2.75) is 32.4 Å². The molecule has 0 unspecified atom stereocenters. The number of aryl methyl sites for hydroxylation is 1. The van der Waals surface area contributed by atoms with E-state index in [4.69, 9.17) is 4.74 Å². The second-order valence-corrected chi connectivity index (χ2v) is 11.5. The van der Waals surface area contributed by atoms with E-state index >= 15 is 0 Å². The van der Waals surface area contributed by atoms with Crippen LogP contribution < -0.4 is 20.1 Å². The highest BCUT2D eigenvalue weighted by Gasteiger charge is 2.28. The van der Waals surface area contributed by atoms with Crippen LogP contribution in [-0.4, -0.2) is 40.0 Å². The molecular weight excluding hydrogens is 478 g/mol. The Balaban J connectivity index is 1.55. The number of aromatic nitrogens is 4. The minimum Gasteiger partial charge on any atom is -0.494 e. The van der Waals surface area contributed by atoms with Gasteiger partial charge in [-0.25, -0.2) is 18.1 Å². The lowest BCUT2D eigenvalue weighted by molar-refractivity contribution is 0.416. The number of methoxy groups -OCH3 is 1. The van der Waals surface area contributed by atoms with Gasteiger partial charge in [-0.1, -0.05) is 6.07 Å². The van der Waals surface area contributed by atoms with E-state index in [0.29, 0.717) is 34.6 Å². The van der Waals surface area contributed by atoms with Gasteiger partial charge < -0.3 is 15.4 Å². The van der Waals surface area contributed by atoms with Crippen LogP contribution in [0.3, 0.4) is 0 Å². The van der Waals surface area contributed by atoms with Crippen molar-refractivity contribution in [2.24, 2.45) is 0 Å². The van der Waals surface area contributed by atoms with E-state index in [-0.39, 0.29) is 0 Å². The van der Waals surface area contributed by atoms with Crippen LogP contribution in [0.25, 0.3) is 5.69 Å². The van der Waals surface area contributed by atoms with Gasteiger partial charge in [0.2, 0.25) is 16.0 Å². The largest absolute Gasteiger partial charge is 0.494 e. The van der Waals surface area contributed by atoms with Gasteiger partial charge in [0.15, 0.2) is 0 Å². The molecule has 4 rings (SSSR count). The highest BCUT2D eigenvalue weighted by atomic mass is 32.2. The van der Waals surface area contributed by atoms with Crippen LogP contribution in [0.4, 0.5) is 28.8 Å². The fraction of sp³-hybridized carbons (Fsp3) is 0.240. The summed E-state index contributed by atoms with van der Waals surface area (Å²) >= 11 is 0. The maximum absolute atomic E-state index is 12.5. The van der Waals surface area contributed by atoms with Crippen molar-refractivity contribution in [3.63, 3.8) is 0 Å². The van der Waals surface area contributed by atoms with E-state index in [1.54, 1.807) is 63.2 Å². The molecule has 0 atom stereocenters. The minimum absolute atomic E-state index is 0.373. The Hall–Kier alpha value is -4.12. The summed E-state index contributed by atoms with van der Waals surface area (Å²) in [7, 11) is -1.95. The number of nitrogens with one attached hydrogen (secondary N) is 3. The third-order valence-electron chi connectivity index (χ3n) is 5.36. The molecule has 188 valence electrons. The number of anilines is 5. The maximum atomic E-state index is 12.5. The molecule has 0 amide bonds. The molecule has 36 heavy (non-hydrogen) atoms. The number of benzene rings is 2. The predicted molar refractivity (Wildman–Crippen MR) is 142 cm³/mol. The Morgan fingerprint density at radius 3 is 2.47 bits per heavy atom. The number of sulfonamides is 1. The Kier molecular flexibility index (Phi) is 6.84. The summed E-state index contributed by atoms with van der Waals surface area (Å²) in [6, 6.07) is 14.5. The van der Waals surface area contributed by atoms with Gasteiger partial charge in [-0.05, 0) is 64.1 Å². The van der Waals surface area contributed by atoms with Crippen LogP contribution in [0.5, 0.6) is 5.75 Å². The monoisotopic (exact) mass is 507 g/mol. The molecule has 2 heterocycles. The van der Waals surface area contributed by atoms with Crippen molar-refractivity contribution in [2.75, 3.05) is 22.5 Å². The van der Waals surface area contributed by atoms with E-state index < -0.39 is 14.8 Å². The standard InChI is InChI=1S/C25H29N7O3S/c1-17-16-26-24(29-21-11-10-20(15-22(21)35-5)32-13-7-12-27-32)30-23(17)28-18-8-6-9-19(14-18)31-36(33,34)25(2,3)4/h6-16,31H,1-5H3,(H2,26,28,29,30). The van der Waals surface area contributed by atoms with Gasteiger partial charge in [-0.3, -0.25) is 4.72 Å². The summed E-state index contributed by atoms with van der Waals surface area (Å²) in [6.07, 6.45) is 5.27. The van der Waals surface area contributed by atoms with E-state index in [1.165, 1.54) is 0 Å². The first-order valence-corrected chi connectivity index (χ1v) is 12.7. The molecule has 11 heteroatoms. The number of nitrogens with zero attached hydrogens (tertiary/aromatic N) is 4. The zero-order valence-corrected chi connectivity index (χ0v) is 21.6. The average molecular weight is 508 g/mol. The molecule has 0 saturated heterocycles. The van der Waals surface area contributed by atoms with Crippen molar-refractivity contribution in [3.8, 4) is 11.4 Å². The molecule has 0 saturated carbocycles. The van der Waals surface area contributed by atoms with Crippen molar-refractivity contribution < 1.29 is 13.2 Å². The molecular formula is C25H29N7O3S. The van der Waals surface area contributed by atoms with Crippen LogP contribution in [0.15, 0.2) is 67.1 Å². The van der Waals surface area contributed by atoms with Crippen molar-refractivity contribution in [1.82, 2.24) is 19.7 Å². The normalized spacial score (nSPS) is 11.7. The zero-order chi connectivity index (χ0) is 25.9. The van der Waals surface area contributed by atoms with Gasteiger partial charge >= 0.3 is 0 Å². The predicted octanol–water partition coefficient (Wildman–Crippen LogP) is 5.01. The molecule has 2 aromatic heterocycles. The first kappa shape index (κ1) is 25.0. The fourth-order valence-corrected chi connectivity index (χ4v) is 3.95. The Bertz CT molecular complexity index is 1460. The second kappa shape index (κ2) is 9.86. The molecule has 0 bridgehead atoms. The van der Waals surface area contributed by atoms with Crippen molar-refractivity contribution >= 4 is 38.9 Å². The van der Waals surface area contributed by atoms with E-state index in [0.717, 1.165) is 11.3 Å². The lowest BCUT2D eigenvalue weighted by Gasteiger charge is -2.20. The topological polar surface area (TPSA) is 123 Å². The molecule has 10 nitrogen and oxygen atoms in total. The van der Waals surface area contributed by atoms with E-state index in [1.807, 2.05) is 43.5 Å². The van der Waals surface area contributed by atoms with Gasteiger partial charge in [0, 0.05) is 35.9 Å². The zero-order valence-electron chi connectivity index (χ0n) is 20.8. The van der Waals surface area contributed by atoms with Crippen molar-refractivity contribution in [1.29, 1.82) is 0 Å². The summed E-state index contributed by atoms with van der Waals surface area (Å²) in [4.78, 5) is 9.00. The number of hydrogen-bond donors (Lipinski definition) is 3. The minimum atomic E-state index is -3.54. The molecule has 3 N–H and O–H groups in total. The van der Waals surface area contributed by atoms with Gasteiger partial charge in [-0.2, -0.15) is 10.1 Å². The fourth-order valence-electron chi connectivity index (χ4n) is 3.20. The maximum Gasteiger partial charge on any atom is 0.237 e. The molecule has 0 aliphatic rings. The Morgan fingerprint density at radius 1 is 1.00 bits per heavy atom. The third kappa shape index (κ3) is 5.57. The van der Waals surface area contributed by atoms with Gasteiger partial charge in [0.25, 0.3) is 0 Å². The molecule has 0 fully saturated rings. The number of ether oxygens (including phenoxy) is 1. The second-order valence-electron chi connectivity index (χ2n) is 9.11. The summed E-state index contributed by atoms with van der Waals surface area (Å²) in [6.45, 7) is 6.83. The highest BCUT2D eigenvalue weighted by molar-refractivity contribution is 7.94. The van der Waals surface area contributed by atoms with Crippen LogP contribution in [0.2, 0.25) is 0 Å². The first-order valence-electron chi connectivity index (χ1n) is 11.2. The Labute approximate surface area is 210 Å². The molecule has 0 spiro atoms. The quantitative estimate of drug-likeness (QED) is 0.304. The number of hydrogen-bond acceptors (Lipinski definition) is 8. The van der Waals surface area contributed by atoms with Crippen LogP contribution in [0, 0.1) is 6.92 Å². The van der Waals surface area contributed by atoms with Gasteiger partial charge in [-0.15, -0.1) is 0 Å². The molecule has 2 aromatic carbocycles. The average Bonchev–Trinajstić information content (AvgIpc) is 3.36. The summed E-state index contributed by atoms with van der Waals surface area (Å²) in [5.41, 5.74) is 3.51. The van der Waals surface area contributed by atoms with E-state index in [2.05, 4.69) is 30.4 Å². The summed E-state index contributed by atoms with van der Waals surface area (Å²) in [5.74, 6) is 1.56. The number of rotatable bonds is 8. The molecule has 0 radical (unpaired) electrons. The van der Waals surface area contributed by atoms with Crippen LogP contribution in [0.1, 0.15) is 26.3 Å². The molecule has 4 aromatic rings. The van der Waals surface area contributed by atoms with Crippen LogP contribution in [-0.2, 0) is 10.0 Å². The van der Waals surface area contributed by atoms with Gasteiger partial charge in [0.1, 0.15) is 11.6 Å². The third-order valence-corrected chi connectivity index (χ3v) is 7.47. The summed E-state index contributed by atoms with van der Waals surface area (Å²) in [5, 5.41) is 10.7. The van der Waals surface area contributed by atoms with E-state index in [9.17, 15) is 8.42 Å². The highest BCUT2D eigenvalue weighted by Crippen LogP contribution is 2.30. The molecule has 0 aliphatic heterocycles. The first-order chi connectivity index (χ1) is 17.1. The van der Waals surface area contributed by atoms with Crippen LogP contribution >= 0.6 is 0 Å². The SMILES string of the molecule is COc1cc(-n2cccn2)ccc1Nc1ncc(C)c(Nc2cccc(NS(=O)(=O)C(C)(C)C)c2)n1. The smallest absolute Gasteiger partial charge is 0.237 e.